The van der Waals surface area contributed by atoms with Gasteiger partial charge >= 0.3 is 5.97 Å². The van der Waals surface area contributed by atoms with Crippen molar-refractivity contribution in [3.8, 4) is 0 Å². The van der Waals surface area contributed by atoms with Crippen molar-refractivity contribution >= 4 is 12.0 Å². The molecule has 0 unspecified atom stereocenters. The van der Waals surface area contributed by atoms with E-state index in [9.17, 15) is 9.18 Å². The van der Waals surface area contributed by atoms with Crippen molar-refractivity contribution in [1.29, 1.82) is 0 Å². The van der Waals surface area contributed by atoms with Gasteiger partial charge < -0.3 is 10.1 Å². The molecule has 0 saturated heterocycles. The molecule has 1 aromatic heterocycles. The highest BCUT2D eigenvalue weighted by atomic mass is 19.1. The summed E-state index contributed by atoms with van der Waals surface area (Å²) < 4.78 is 12.1. The third-order valence-corrected chi connectivity index (χ3v) is 0.970. The highest BCUT2D eigenvalue weighted by Gasteiger charge is 1.94. The fourth-order valence-corrected chi connectivity index (χ4v) is 0.556. The number of aromatic nitrogens is 2. The van der Waals surface area contributed by atoms with Crippen molar-refractivity contribution in [2.75, 3.05) is 0 Å². The molecule has 0 fully saturated rings. The number of nitrogens with one attached hydrogen (secondary N) is 1. The van der Waals surface area contributed by atoms with Gasteiger partial charge in [-0.3, -0.25) is 0 Å². The number of hydrogen-bond acceptors (Lipinski definition) is 2. The molecule has 1 rings (SSSR count). The summed E-state index contributed by atoms with van der Waals surface area (Å²) in [5.41, 5.74) is 0.324. The highest BCUT2D eigenvalue weighted by Crippen LogP contribution is 1.97. The van der Waals surface area contributed by atoms with Crippen LogP contribution in [0.3, 0.4) is 0 Å². The molecular formula is C6H5FN2O2. The molecule has 2 N–H and O–H groups in total. The van der Waals surface area contributed by atoms with E-state index in [0.29, 0.717) is 5.69 Å². The van der Waals surface area contributed by atoms with Crippen molar-refractivity contribution in [2.45, 2.75) is 0 Å². The molecule has 0 aromatic carbocycles. The molecule has 0 radical (unpaired) electrons. The van der Waals surface area contributed by atoms with Gasteiger partial charge in [-0.25, -0.2) is 9.78 Å². The zero-order valence-corrected chi connectivity index (χ0v) is 5.41. The molecule has 0 aliphatic carbocycles. The molecule has 1 aromatic rings. The third-order valence-electron chi connectivity index (χ3n) is 0.970. The molecular weight excluding hydrogens is 151 g/mol. The predicted octanol–water partition coefficient (Wildman–Crippen LogP) is 0.647. The second-order valence-corrected chi connectivity index (χ2v) is 1.80. The first-order valence-electron chi connectivity index (χ1n) is 2.80. The summed E-state index contributed by atoms with van der Waals surface area (Å²) >= 11 is 0. The second kappa shape index (κ2) is 2.96. The topological polar surface area (TPSA) is 66.0 Å². The average Bonchev–Trinajstić information content (AvgIpc) is 2.31. The van der Waals surface area contributed by atoms with Gasteiger partial charge in [0.25, 0.3) is 6.08 Å². The number of nitrogens with zero attached hydrogens (tertiary/aromatic N) is 1. The largest absolute Gasteiger partial charge is 0.478 e. The summed E-state index contributed by atoms with van der Waals surface area (Å²) in [5.74, 6) is -1.08. The Morgan fingerprint density at radius 1 is 1.82 bits per heavy atom. The molecule has 5 heteroatoms. The number of carboxylic acid groups (broad SMARTS) is 1. The summed E-state index contributed by atoms with van der Waals surface area (Å²) in [5, 5.41) is 8.17. The van der Waals surface area contributed by atoms with Gasteiger partial charge in [-0.1, -0.05) is 0 Å². The quantitative estimate of drug-likeness (QED) is 0.617. The van der Waals surface area contributed by atoms with Gasteiger partial charge in [-0.05, 0) is 6.08 Å². The molecule has 0 spiro atoms. The molecule has 0 amide bonds. The van der Waals surface area contributed by atoms with Crippen LogP contribution in [0.1, 0.15) is 5.69 Å². The zero-order valence-electron chi connectivity index (χ0n) is 5.41. The molecule has 11 heavy (non-hydrogen) atoms. The maximum Gasteiger partial charge on any atom is 0.328 e. The summed E-state index contributed by atoms with van der Waals surface area (Å²) in [7, 11) is 0. The SMILES string of the molecule is O=C(O)/C=C/c1cnc(F)[nH]1. The Morgan fingerprint density at radius 2 is 2.55 bits per heavy atom. The molecule has 0 saturated carbocycles. The van der Waals surface area contributed by atoms with Crippen LogP contribution < -0.4 is 0 Å². The van der Waals surface area contributed by atoms with Crippen LogP contribution in [0.2, 0.25) is 0 Å². The molecule has 0 aliphatic heterocycles. The van der Waals surface area contributed by atoms with Gasteiger partial charge in [0.15, 0.2) is 0 Å². The van der Waals surface area contributed by atoms with Crippen LogP contribution in [-0.2, 0) is 4.79 Å². The van der Waals surface area contributed by atoms with Gasteiger partial charge in [0.2, 0.25) is 0 Å². The fraction of sp³-hybridized carbons (Fsp3) is 0. The van der Waals surface area contributed by atoms with Crippen LogP contribution in [0.15, 0.2) is 12.3 Å². The Balaban J connectivity index is 2.71. The van der Waals surface area contributed by atoms with E-state index in [4.69, 9.17) is 5.11 Å². The van der Waals surface area contributed by atoms with E-state index >= 15 is 0 Å². The highest BCUT2D eigenvalue weighted by molar-refractivity contribution is 5.84. The number of carbonyl (C=O) groups is 1. The van der Waals surface area contributed by atoms with Crippen LogP contribution in [-0.4, -0.2) is 21.0 Å². The monoisotopic (exact) mass is 156 g/mol. The summed E-state index contributed by atoms with van der Waals surface area (Å²) in [6.07, 6.45) is 2.59. The van der Waals surface area contributed by atoms with E-state index in [1.54, 1.807) is 0 Å². The first-order chi connectivity index (χ1) is 5.18. The number of carboxylic acids is 1. The number of aliphatic carboxylic acids is 1. The maximum atomic E-state index is 12.1. The summed E-state index contributed by atoms with van der Waals surface area (Å²) in [4.78, 5) is 15.4. The molecule has 0 atom stereocenters. The van der Waals surface area contributed by atoms with Crippen molar-refractivity contribution in [2.24, 2.45) is 0 Å². The number of hydrogen-bond donors (Lipinski definition) is 2. The Labute approximate surface area is 61.4 Å². The van der Waals surface area contributed by atoms with Crippen LogP contribution in [0.25, 0.3) is 6.08 Å². The van der Waals surface area contributed by atoms with Gasteiger partial charge in [0, 0.05) is 6.08 Å². The Morgan fingerprint density at radius 3 is 3.00 bits per heavy atom. The smallest absolute Gasteiger partial charge is 0.328 e. The number of aromatic amines is 1. The van der Waals surface area contributed by atoms with Gasteiger partial charge in [0.05, 0.1) is 11.9 Å². The fourth-order valence-electron chi connectivity index (χ4n) is 0.556. The van der Waals surface area contributed by atoms with Crippen LogP contribution in [0.5, 0.6) is 0 Å². The summed E-state index contributed by atoms with van der Waals surface area (Å²) in [6, 6.07) is 0. The minimum absolute atomic E-state index is 0.324. The number of rotatable bonds is 2. The average molecular weight is 156 g/mol. The van der Waals surface area contributed by atoms with E-state index in [0.717, 1.165) is 6.08 Å². The first kappa shape index (κ1) is 7.46. The molecule has 0 bridgehead atoms. The number of halogens is 1. The second-order valence-electron chi connectivity index (χ2n) is 1.80. The van der Waals surface area contributed by atoms with E-state index in [-0.39, 0.29) is 0 Å². The number of imidazole rings is 1. The molecule has 4 nitrogen and oxygen atoms in total. The standard InChI is InChI=1S/C6H5FN2O2/c7-6-8-3-4(9-6)1-2-5(10)11/h1-3H,(H,8,9)(H,10,11)/b2-1+. The lowest BCUT2D eigenvalue weighted by molar-refractivity contribution is -0.131. The predicted molar refractivity (Wildman–Crippen MR) is 35.2 cm³/mol. The van der Waals surface area contributed by atoms with Crippen molar-refractivity contribution < 1.29 is 14.3 Å². The maximum absolute atomic E-state index is 12.1. The molecule has 0 aliphatic rings. The lowest BCUT2D eigenvalue weighted by Gasteiger charge is -1.79. The lowest BCUT2D eigenvalue weighted by Crippen LogP contribution is -1.85. The summed E-state index contributed by atoms with van der Waals surface area (Å²) in [6.45, 7) is 0. The lowest BCUT2D eigenvalue weighted by atomic mass is 10.4. The molecule has 58 valence electrons. The Hall–Kier alpha value is -1.65. The minimum atomic E-state index is -1.08. The van der Waals surface area contributed by atoms with Crippen molar-refractivity contribution in [3.63, 3.8) is 0 Å². The third kappa shape index (κ3) is 2.21. The van der Waals surface area contributed by atoms with Gasteiger partial charge in [0.1, 0.15) is 0 Å². The van der Waals surface area contributed by atoms with Crippen LogP contribution in [0.4, 0.5) is 4.39 Å². The van der Waals surface area contributed by atoms with Crippen molar-refractivity contribution in [3.05, 3.63) is 24.0 Å². The van der Waals surface area contributed by atoms with Crippen LogP contribution in [0, 0.1) is 6.08 Å². The first-order valence-corrected chi connectivity index (χ1v) is 2.80. The minimum Gasteiger partial charge on any atom is -0.478 e. The van der Waals surface area contributed by atoms with Crippen molar-refractivity contribution in [1.82, 2.24) is 9.97 Å². The zero-order chi connectivity index (χ0) is 8.27. The Bertz CT molecular complexity index is 293. The molecule has 1 heterocycles. The van der Waals surface area contributed by atoms with E-state index in [1.807, 2.05) is 0 Å². The van der Waals surface area contributed by atoms with E-state index in [2.05, 4.69) is 9.97 Å². The number of H-pyrrole nitrogens is 1. The van der Waals surface area contributed by atoms with Gasteiger partial charge in [-0.15, -0.1) is 0 Å². The Kier molecular flexibility index (Phi) is 2.00. The van der Waals surface area contributed by atoms with E-state index in [1.165, 1.54) is 12.3 Å². The normalized spacial score (nSPS) is 10.6. The van der Waals surface area contributed by atoms with Crippen LogP contribution >= 0.6 is 0 Å². The van der Waals surface area contributed by atoms with E-state index < -0.39 is 12.0 Å². The van der Waals surface area contributed by atoms with Gasteiger partial charge in [-0.2, -0.15) is 4.39 Å².